The molecule has 414 valence electrons. The normalized spacial score (nSPS) is 29.1. The van der Waals surface area contributed by atoms with E-state index in [1.807, 2.05) is 0 Å². The molecule has 2 saturated carbocycles. The van der Waals surface area contributed by atoms with Gasteiger partial charge < -0.3 is 47.7 Å². The number of hydrogen-bond donors (Lipinski definition) is 2. The Morgan fingerprint density at radius 1 is 0.853 bits per heavy atom. The Hall–Kier alpha value is -4.80. The van der Waals surface area contributed by atoms with Crippen LogP contribution in [0.4, 0.5) is 4.79 Å². The lowest BCUT2D eigenvalue weighted by Crippen LogP contribution is -2.82. The molecule has 1 aromatic carbocycles. The van der Waals surface area contributed by atoms with Crippen molar-refractivity contribution in [2.45, 2.75) is 205 Å². The zero-order valence-electron chi connectivity index (χ0n) is 46.9. The Balaban J connectivity index is 1.68. The summed E-state index contributed by atoms with van der Waals surface area (Å²) in [5.41, 5.74) is -6.66. The molecule has 3 fully saturated rings. The van der Waals surface area contributed by atoms with Gasteiger partial charge in [-0.25, -0.2) is 14.4 Å². The molecule has 0 unspecified atom stereocenters. The van der Waals surface area contributed by atoms with Crippen molar-refractivity contribution in [3.8, 4) is 0 Å². The molecule has 0 radical (unpaired) electrons. The SMILES string of the molecule is CC[Si](CC)(CC)O[C@H]1C[C@H]2OC[C@@]2(OC(C)=O)[C@H]2[C@H](OC(=O)c3ccccc3)[C@]3(O)C[C@H](OC(=O)[C@H](O[Si](C(C)C)(C(C)C)C(C)C)[C@@H](NC(=O)OC)c4ccncc4)C(C)=C([C@@H](OC(C)=O)C(=O)[C@]12C)C3(C)C. The van der Waals surface area contributed by atoms with Gasteiger partial charge in [0, 0.05) is 44.5 Å². The van der Waals surface area contributed by atoms with Gasteiger partial charge in [-0.15, -0.1) is 0 Å². The van der Waals surface area contributed by atoms with Crippen LogP contribution >= 0.6 is 0 Å². The number of carbonyl (C=O) groups is 6. The van der Waals surface area contributed by atoms with Gasteiger partial charge in [0.2, 0.25) is 8.32 Å². The summed E-state index contributed by atoms with van der Waals surface area (Å²) < 4.78 is 52.3. The first-order chi connectivity index (χ1) is 35.1. The Morgan fingerprint density at radius 2 is 1.44 bits per heavy atom. The number of alkyl carbamates (subject to hydrolysis) is 1. The van der Waals surface area contributed by atoms with Crippen LogP contribution in [0.25, 0.3) is 0 Å². The maximum absolute atomic E-state index is 16.6. The highest BCUT2D eigenvalue weighted by atomic mass is 28.4. The van der Waals surface area contributed by atoms with E-state index >= 15 is 9.59 Å². The number of hydrogen-bond acceptors (Lipinski definition) is 16. The topological polar surface area (TPSA) is 221 Å². The Bertz CT molecular complexity index is 2430. The fourth-order valence-electron chi connectivity index (χ4n) is 13.6. The van der Waals surface area contributed by atoms with Crippen molar-refractivity contribution < 1.29 is 71.1 Å². The maximum Gasteiger partial charge on any atom is 0.407 e. The third kappa shape index (κ3) is 10.4. The summed E-state index contributed by atoms with van der Waals surface area (Å²) in [7, 11) is -4.50. The van der Waals surface area contributed by atoms with E-state index in [0.29, 0.717) is 29.3 Å². The molecule has 75 heavy (non-hydrogen) atoms. The first kappa shape index (κ1) is 59.4. The summed E-state index contributed by atoms with van der Waals surface area (Å²) in [6.07, 6.45) is -6.48. The molecule has 11 atom stereocenters. The second kappa shape index (κ2) is 22.7. The number of carbonyl (C=O) groups excluding carboxylic acids is 6. The van der Waals surface area contributed by atoms with E-state index in [1.165, 1.54) is 33.4 Å². The predicted octanol–water partition coefficient (Wildman–Crippen LogP) is 9.29. The van der Waals surface area contributed by atoms with Crippen LogP contribution in [-0.2, 0) is 56.5 Å². The average Bonchev–Trinajstić information content (AvgIpc) is 3.35. The highest BCUT2D eigenvalue weighted by Gasteiger charge is 2.79. The average molecular weight is 1080 g/mol. The summed E-state index contributed by atoms with van der Waals surface area (Å²) in [4.78, 5) is 91.9. The van der Waals surface area contributed by atoms with Crippen LogP contribution < -0.4 is 5.32 Å². The molecule has 3 aliphatic carbocycles. The van der Waals surface area contributed by atoms with Gasteiger partial charge >= 0.3 is 30.0 Å². The molecule has 17 nitrogen and oxygen atoms in total. The fourth-order valence-corrected chi connectivity index (χ4v) is 22.1. The number of ketones is 1. The maximum atomic E-state index is 16.6. The molecule has 1 aliphatic heterocycles. The van der Waals surface area contributed by atoms with E-state index in [2.05, 4.69) is 72.6 Å². The van der Waals surface area contributed by atoms with Crippen molar-refractivity contribution in [3.63, 3.8) is 0 Å². The number of amides is 1. The van der Waals surface area contributed by atoms with Crippen molar-refractivity contribution in [2.75, 3.05) is 13.7 Å². The summed E-state index contributed by atoms with van der Waals surface area (Å²) in [5, 5.41) is 17.3. The first-order valence-corrected chi connectivity index (χ1v) is 31.3. The van der Waals surface area contributed by atoms with Gasteiger partial charge in [0.15, 0.2) is 31.9 Å². The lowest BCUT2D eigenvalue weighted by Gasteiger charge is -2.68. The van der Waals surface area contributed by atoms with E-state index in [1.54, 1.807) is 70.2 Å². The van der Waals surface area contributed by atoms with Gasteiger partial charge in [-0.1, -0.05) is 94.4 Å². The number of aliphatic hydroxyl groups is 1. The third-order valence-corrected chi connectivity index (χ3v) is 28.6. The second-order valence-corrected chi connectivity index (χ2v) is 32.9. The monoisotopic (exact) mass is 1080 g/mol. The smallest absolute Gasteiger partial charge is 0.407 e. The summed E-state index contributed by atoms with van der Waals surface area (Å²) in [5.74, 6) is -5.37. The largest absolute Gasteiger partial charge is 0.456 e. The Morgan fingerprint density at radius 3 is 1.93 bits per heavy atom. The molecular weight excluding hydrogens is 997 g/mol. The van der Waals surface area contributed by atoms with Gasteiger partial charge in [-0.2, -0.15) is 0 Å². The van der Waals surface area contributed by atoms with Crippen LogP contribution in [0.15, 0.2) is 66.0 Å². The van der Waals surface area contributed by atoms with E-state index < -0.39 is 129 Å². The fraction of sp³-hybridized carbons (Fsp3) is 0.661. The van der Waals surface area contributed by atoms with Crippen molar-refractivity contribution in [1.29, 1.82) is 0 Å². The van der Waals surface area contributed by atoms with Crippen LogP contribution in [0, 0.1) is 16.7 Å². The van der Waals surface area contributed by atoms with Gasteiger partial charge in [0.1, 0.15) is 23.9 Å². The molecule has 2 N–H and O–H groups in total. The second-order valence-electron chi connectivity index (χ2n) is 22.8. The number of methoxy groups -OCH3 is 1. The number of pyridine rings is 1. The quantitative estimate of drug-likeness (QED) is 0.0579. The van der Waals surface area contributed by atoms with E-state index in [-0.39, 0.29) is 40.8 Å². The van der Waals surface area contributed by atoms with Crippen LogP contribution in [0.3, 0.4) is 0 Å². The van der Waals surface area contributed by atoms with Crippen molar-refractivity contribution >= 4 is 52.4 Å². The zero-order chi connectivity index (χ0) is 55.8. The van der Waals surface area contributed by atoms with Crippen LogP contribution in [-0.4, -0.2) is 124 Å². The molecule has 2 aromatic rings. The molecule has 2 heterocycles. The molecule has 4 aliphatic rings. The third-order valence-electron chi connectivity index (χ3n) is 17.8. The number of rotatable bonds is 19. The number of aromatic nitrogens is 1. The minimum Gasteiger partial charge on any atom is -0.456 e. The number of Topliss-reactive ketones (excluding diaryl/α,β-unsaturated/α-hetero) is 1. The number of esters is 4. The molecule has 1 aromatic heterocycles. The van der Waals surface area contributed by atoms with Crippen LogP contribution in [0.2, 0.25) is 34.8 Å². The lowest BCUT2D eigenvalue weighted by molar-refractivity contribution is -0.344. The van der Waals surface area contributed by atoms with Crippen molar-refractivity contribution in [2.24, 2.45) is 16.7 Å². The summed E-state index contributed by atoms with van der Waals surface area (Å²) in [6.45, 7) is 27.4. The van der Waals surface area contributed by atoms with Crippen molar-refractivity contribution in [3.05, 3.63) is 77.1 Å². The molecule has 1 amide bonds. The van der Waals surface area contributed by atoms with Crippen LogP contribution in [0.1, 0.15) is 139 Å². The van der Waals surface area contributed by atoms with E-state index in [0.717, 1.165) is 0 Å². The molecule has 2 bridgehead atoms. The molecular formula is C56H82N2O15Si2. The Labute approximate surface area is 445 Å². The zero-order valence-corrected chi connectivity index (χ0v) is 48.9. The molecule has 1 saturated heterocycles. The van der Waals surface area contributed by atoms with Gasteiger partial charge in [0.05, 0.1) is 42.8 Å². The standard InChI is InChI=1S/C56H82N2O15Si2/c1-17-74(18-2,19-3)72-41-29-42-55(31-67-42,71-37(12)60)47-49(70-50(62)39-23-21-20-22-24-39)56(65)30-40(35(10)43(53(56,13)14)45(68-36(11)59)48(61)54(41,47)15)69-51(63)46(73-75(32(4)5,33(6)7)34(8)9)44(58-52(64)66-16)38-25-27-57-28-26-38/h20-28,32-34,40-42,44-47,49,65H,17-19,29-31H2,1-16H3,(H,58,64)/t40-,41-,42+,44-,45+,46+,47-,49-,54+,55-,56+/m0/s1. The molecule has 6 rings (SSSR count). The number of fused-ring (bicyclic) bond motifs is 5. The van der Waals surface area contributed by atoms with Gasteiger partial charge in [-0.3, -0.25) is 19.4 Å². The summed E-state index contributed by atoms with van der Waals surface area (Å²) >= 11 is 0. The van der Waals surface area contributed by atoms with Gasteiger partial charge in [0.25, 0.3) is 0 Å². The summed E-state index contributed by atoms with van der Waals surface area (Å²) in [6, 6.07) is 12.4. The minimum absolute atomic E-state index is 0.0486. The number of nitrogens with zero attached hydrogens (tertiary/aromatic N) is 1. The number of benzene rings is 1. The minimum atomic E-state index is -3.05. The highest BCUT2D eigenvalue weighted by molar-refractivity contribution is 6.77. The van der Waals surface area contributed by atoms with Crippen molar-refractivity contribution in [1.82, 2.24) is 10.3 Å². The Kier molecular flexibility index (Phi) is 18.0. The number of ether oxygens (including phenoxy) is 6. The molecule has 0 spiro atoms. The lowest BCUT2D eigenvalue weighted by atomic mass is 9.44. The highest BCUT2D eigenvalue weighted by Crippen LogP contribution is 2.65. The van der Waals surface area contributed by atoms with Gasteiger partial charge in [-0.05, 0) is 89.6 Å². The number of nitrogens with one attached hydrogen (secondary N) is 1. The van der Waals surface area contributed by atoms with Crippen LogP contribution in [0.5, 0.6) is 0 Å². The molecule has 19 heteroatoms. The first-order valence-electron chi connectivity index (χ1n) is 26.6. The van der Waals surface area contributed by atoms with E-state index in [9.17, 15) is 24.3 Å². The van der Waals surface area contributed by atoms with E-state index in [4.69, 9.17) is 37.3 Å². The predicted molar refractivity (Wildman–Crippen MR) is 283 cm³/mol.